The van der Waals surface area contributed by atoms with Crippen LogP contribution >= 0.6 is 23.2 Å². The zero-order valence-corrected chi connectivity index (χ0v) is 15.2. The van der Waals surface area contributed by atoms with Crippen molar-refractivity contribution < 1.29 is 22.7 Å². The highest BCUT2D eigenvalue weighted by molar-refractivity contribution is 7.89. The van der Waals surface area contributed by atoms with Crippen LogP contribution in [-0.4, -0.2) is 62.3 Å². The van der Waals surface area contributed by atoms with Crippen LogP contribution in [0.15, 0.2) is 23.1 Å². The molecule has 7 nitrogen and oxygen atoms in total. The predicted octanol–water partition coefficient (Wildman–Crippen LogP) is 1.39. The first-order valence-electron chi connectivity index (χ1n) is 7.08. The number of benzene rings is 1. The van der Waals surface area contributed by atoms with E-state index in [-0.39, 0.29) is 53.6 Å². The lowest BCUT2D eigenvalue weighted by Gasteiger charge is -2.33. The molecule has 0 bridgehead atoms. The Labute approximate surface area is 150 Å². The fourth-order valence-electron chi connectivity index (χ4n) is 2.22. The van der Waals surface area contributed by atoms with Crippen LogP contribution < -0.4 is 0 Å². The van der Waals surface area contributed by atoms with Gasteiger partial charge in [-0.2, -0.15) is 4.31 Å². The van der Waals surface area contributed by atoms with Crippen LogP contribution in [0.2, 0.25) is 10.0 Å². The van der Waals surface area contributed by atoms with Gasteiger partial charge in [0.2, 0.25) is 10.0 Å². The molecule has 10 heteroatoms. The van der Waals surface area contributed by atoms with Gasteiger partial charge in [0.25, 0.3) is 5.91 Å². The third kappa shape index (κ3) is 4.38. The minimum Gasteiger partial charge on any atom is -0.456 e. The molecule has 0 aromatic heterocycles. The Morgan fingerprint density at radius 2 is 1.75 bits per heavy atom. The molecule has 1 heterocycles. The zero-order chi connectivity index (χ0) is 17.9. The Balaban J connectivity index is 2.01. The van der Waals surface area contributed by atoms with Crippen LogP contribution in [-0.2, 0) is 24.3 Å². The summed E-state index contributed by atoms with van der Waals surface area (Å²) in [4.78, 5) is 24.1. The van der Waals surface area contributed by atoms with E-state index in [9.17, 15) is 18.0 Å². The number of hydrogen-bond acceptors (Lipinski definition) is 5. The summed E-state index contributed by atoms with van der Waals surface area (Å²) in [6, 6.07) is 4.12. The first-order valence-corrected chi connectivity index (χ1v) is 9.28. The molecule has 1 amide bonds. The van der Waals surface area contributed by atoms with Crippen LogP contribution in [0.5, 0.6) is 0 Å². The molecule has 0 atom stereocenters. The lowest BCUT2D eigenvalue weighted by atomic mass is 10.3. The number of hydrogen-bond donors (Lipinski definition) is 0. The number of carbonyl (C=O) groups excluding carboxylic acids is 2. The van der Waals surface area contributed by atoms with E-state index in [0.717, 1.165) is 0 Å². The van der Waals surface area contributed by atoms with Crippen LogP contribution in [0, 0.1) is 0 Å². The number of nitrogens with zero attached hydrogens (tertiary/aromatic N) is 2. The average molecular weight is 395 g/mol. The molecule has 0 unspecified atom stereocenters. The zero-order valence-electron chi connectivity index (χ0n) is 12.9. The normalized spacial score (nSPS) is 16.0. The van der Waals surface area contributed by atoms with Crippen LogP contribution in [0.3, 0.4) is 0 Å². The van der Waals surface area contributed by atoms with Gasteiger partial charge in [-0.3, -0.25) is 9.59 Å². The summed E-state index contributed by atoms with van der Waals surface area (Å²) in [5, 5.41) is 0.435. The standard InChI is InChI=1S/C14H16Cl2N2O5S/c1-10(19)23-9-14(20)17-4-6-18(7-5-17)24(21,22)11-2-3-12(15)13(16)8-11/h2-3,8H,4-7,9H2,1H3. The number of esters is 1. The molecule has 0 saturated carbocycles. The Morgan fingerprint density at radius 1 is 1.12 bits per heavy atom. The van der Waals surface area contributed by atoms with E-state index in [1.54, 1.807) is 0 Å². The van der Waals surface area contributed by atoms with Crippen molar-refractivity contribution in [3.05, 3.63) is 28.2 Å². The van der Waals surface area contributed by atoms with Gasteiger partial charge in [-0.15, -0.1) is 0 Å². The molecule has 0 N–H and O–H groups in total. The highest BCUT2D eigenvalue weighted by atomic mass is 35.5. The smallest absolute Gasteiger partial charge is 0.303 e. The van der Waals surface area contributed by atoms with E-state index < -0.39 is 16.0 Å². The molecule has 1 saturated heterocycles. The van der Waals surface area contributed by atoms with Crippen molar-refractivity contribution >= 4 is 45.1 Å². The second kappa shape index (κ2) is 7.69. The molecule has 24 heavy (non-hydrogen) atoms. The Kier molecular flexibility index (Phi) is 6.08. The van der Waals surface area contributed by atoms with Crippen molar-refractivity contribution in [2.24, 2.45) is 0 Å². The maximum absolute atomic E-state index is 12.6. The van der Waals surface area contributed by atoms with Crippen molar-refractivity contribution in [2.45, 2.75) is 11.8 Å². The van der Waals surface area contributed by atoms with Gasteiger partial charge in [-0.05, 0) is 18.2 Å². The molecular weight excluding hydrogens is 379 g/mol. The molecule has 1 fully saturated rings. The molecule has 132 valence electrons. The van der Waals surface area contributed by atoms with Gasteiger partial charge < -0.3 is 9.64 Å². The van der Waals surface area contributed by atoms with Crippen molar-refractivity contribution in [1.29, 1.82) is 0 Å². The molecule has 0 aliphatic carbocycles. The SMILES string of the molecule is CC(=O)OCC(=O)N1CCN(S(=O)(=O)c2ccc(Cl)c(Cl)c2)CC1. The fraction of sp³-hybridized carbons (Fsp3) is 0.429. The summed E-state index contributed by atoms with van der Waals surface area (Å²) >= 11 is 11.7. The minimum atomic E-state index is -3.71. The first-order chi connectivity index (χ1) is 11.2. The third-order valence-electron chi connectivity index (χ3n) is 3.52. The Hall–Kier alpha value is -1.35. The second-order valence-electron chi connectivity index (χ2n) is 5.14. The predicted molar refractivity (Wildman–Crippen MR) is 88.4 cm³/mol. The summed E-state index contributed by atoms with van der Waals surface area (Å²) in [6.07, 6.45) is 0. The van der Waals surface area contributed by atoms with Gasteiger partial charge in [-0.1, -0.05) is 23.2 Å². The third-order valence-corrected chi connectivity index (χ3v) is 6.15. The summed E-state index contributed by atoms with van der Waals surface area (Å²) in [5.41, 5.74) is 0. The number of ether oxygens (including phenoxy) is 1. The van der Waals surface area contributed by atoms with E-state index in [1.807, 2.05) is 0 Å². The van der Waals surface area contributed by atoms with Crippen molar-refractivity contribution in [3.63, 3.8) is 0 Å². The van der Waals surface area contributed by atoms with E-state index in [2.05, 4.69) is 4.74 Å². The highest BCUT2D eigenvalue weighted by Crippen LogP contribution is 2.27. The van der Waals surface area contributed by atoms with Gasteiger partial charge in [0, 0.05) is 33.1 Å². The summed E-state index contributed by atoms with van der Waals surface area (Å²) < 4.78 is 31.1. The molecule has 0 spiro atoms. The number of sulfonamides is 1. The number of halogens is 2. The summed E-state index contributed by atoms with van der Waals surface area (Å²) in [7, 11) is -3.71. The van der Waals surface area contributed by atoms with Crippen molar-refractivity contribution in [2.75, 3.05) is 32.8 Å². The lowest BCUT2D eigenvalue weighted by Crippen LogP contribution is -2.51. The Morgan fingerprint density at radius 3 is 2.29 bits per heavy atom. The second-order valence-corrected chi connectivity index (χ2v) is 7.89. The lowest BCUT2D eigenvalue weighted by molar-refractivity contribution is -0.150. The molecule has 0 radical (unpaired) electrons. The molecule has 1 aliphatic heterocycles. The quantitative estimate of drug-likeness (QED) is 0.720. The van der Waals surface area contributed by atoms with E-state index >= 15 is 0 Å². The molecular formula is C14H16Cl2N2O5S. The molecule has 1 aliphatic rings. The maximum Gasteiger partial charge on any atom is 0.303 e. The molecule has 1 aromatic rings. The molecule has 2 rings (SSSR count). The first kappa shape index (κ1) is 19.0. The fourth-order valence-corrected chi connectivity index (χ4v) is 4.03. The maximum atomic E-state index is 12.6. The minimum absolute atomic E-state index is 0.0524. The number of rotatable bonds is 4. The van der Waals surface area contributed by atoms with Crippen molar-refractivity contribution in [1.82, 2.24) is 9.21 Å². The van der Waals surface area contributed by atoms with E-state index in [0.29, 0.717) is 0 Å². The number of piperazine rings is 1. The van der Waals surface area contributed by atoms with E-state index in [1.165, 1.54) is 34.3 Å². The van der Waals surface area contributed by atoms with Gasteiger partial charge >= 0.3 is 5.97 Å². The summed E-state index contributed by atoms with van der Waals surface area (Å²) in [5.74, 6) is -0.888. The Bertz CT molecular complexity index is 746. The van der Waals surface area contributed by atoms with Gasteiger partial charge in [0.15, 0.2) is 6.61 Å². The number of carbonyl (C=O) groups is 2. The monoisotopic (exact) mass is 394 g/mol. The van der Waals surface area contributed by atoms with Gasteiger partial charge in [0.05, 0.1) is 14.9 Å². The van der Waals surface area contributed by atoms with Crippen LogP contribution in [0.25, 0.3) is 0 Å². The van der Waals surface area contributed by atoms with Crippen LogP contribution in [0.1, 0.15) is 6.92 Å². The topological polar surface area (TPSA) is 84.0 Å². The highest BCUT2D eigenvalue weighted by Gasteiger charge is 2.30. The van der Waals surface area contributed by atoms with Gasteiger partial charge in [-0.25, -0.2) is 8.42 Å². The largest absolute Gasteiger partial charge is 0.456 e. The number of amides is 1. The summed E-state index contributed by atoms with van der Waals surface area (Å²) in [6.45, 7) is 1.62. The average Bonchev–Trinajstić information content (AvgIpc) is 2.55. The van der Waals surface area contributed by atoms with Crippen LogP contribution in [0.4, 0.5) is 0 Å². The van der Waals surface area contributed by atoms with E-state index in [4.69, 9.17) is 23.2 Å². The molecule has 1 aromatic carbocycles. The van der Waals surface area contributed by atoms with Crippen molar-refractivity contribution in [3.8, 4) is 0 Å². The van der Waals surface area contributed by atoms with Gasteiger partial charge in [0.1, 0.15) is 0 Å².